The highest BCUT2D eigenvalue weighted by Gasteiger charge is 2.35. The van der Waals surface area contributed by atoms with E-state index in [0.717, 1.165) is 57.9 Å². The molecule has 286 valence electrons. The van der Waals surface area contributed by atoms with E-state index in [1.54, 1.807) is 0 Å². The summed E-state index contributed by atoms with van der Waals surface area (Å²) in [7, 11) is 0. The molecule has 12 rings (SSSR count). The number of benzene rings is 8. The monoisotopic (exact) mass is 787 g/mol. The summed E-state index contributed by atoms with van der Waals surface area (Å²) in [6, 6.07) is 65.0. The summed E-state index contributed by atoms with van der Waals surface area (Å²) >= 11 is 1.86. The lowest BCUT2D eigenvalue weighted by atomic mass is 9.82. The van der Waals surface area contributed by atoms with Crippen LogP contribution < -0.4 is 4.90 Å². The Morgan fingerprint density at radius 3 is 2.00 bits per heavy atom. The summed E-state index contributed by atoms with van der Waals surface area (Å²) in [4.78, 5) is 2.41. The molecule has 2 aliphatic rings. The molecular formula is C57H41NOS. The Hall–Kier alpha value is -6.94. The lowest BCUT2D eigenvalue weighted by Crippen LogP contribution is -2.16. The summed E-state index contributed by atoms with van der Waals surface area (Å²) in [5.74, 6) is 1.08. The van der Waals surface area contributed by atoms with Gasteiger partial charge >= 0.3 is 0 Å². The van der Waals surface area contributed by atoms with Crippen LogP contribution in [-0.2, 0) is 11.8 Å². The molecule has 0 bridgehead atoms. The van der Waals surface area contributed by atoms with Gasteiger partial charge in [0.25, 0.3) is 0 Å². The van der Waals surface area contributed by atoms with Crippen LogP contribution in [0.5, 0.6) is 0 Å². The van der Waals surface area contributed by atoms with Crippen molar-refractivity contribution in [3.63, 3.8) is 0 Å². The van der Waals surface area contributed by atoms with Gasteiger partial charge < -0.3 is 9.32 Å². The van der Waals surface area contributed by atoms with E-state index in [4.69, 9.17) is 4.42 Å². The molecule has 2 nitrogen and oxygen atoms in total. The molecule has 0 saturated carbocycles. The van der Waals surface area contributed by atoms with Crippen molar-refractivity contribution in [3.8, 4) is 44.5 Å². The van der Waals surface area contributed by atoms with Gasteiger partial charge in [-0.2, -0.15) is 0 Å². The van der Waals surface area contributed by atoms with Gasteiger partial charge in [-0.05, 0) is 117 Å². The maximum Gasteiger partial charge on any atom is 0.143 e. The van der Waals surface area contributed by atoms with Crippen LogP contribution in [0, 0.1) is 0 Å². The quantitative estimate of drug-likeness (QED) is 0.167. The molecular weight excluding hydrogens is 747 g/mol. The number of allylic oxidation sites excluding steroid dienone is 1. The molecule has 0 N–H and O–H groups in total. The highest BCUT2D eigenvalue weighted by Crippen LogP contribution is 2.51. The van der Waals surface area contributed by atoms with E-state index in [0.29, 0.717) is 0 Å². The Balaban J connectivity index is 0.978. The summed E-state index contributed by atoms with van der Waals surface area (Å²) < 4.78 is 9.36. The second-order valence-corrected chi connectivity index (χ2v) is 17.8. The number of furan rings is 1. The largest absolute Gasteiger partial charge is 0.460 e. The molecule has 2 aliphatic carbocycles. The van der Waals surface area contributed by atoms with Gasteiger partial charge in [0.05, 0.1) is 0 Å². The van der Waals surface area contributed by atoms with Gasteiger partial charge in [0.15, 0.2) is 0 Å². The first-order valence-electron chi connectivity index (χ1n) is 21.0. The average Bonchev–Trinajstić information content (AvgIpc) is 3.94. The second kappa shape index (κ2) is 13.6. The maximum absolute atomic E-state index is 6.71. The lowest BCUT2D eigenvalue weighted by Gasteiger charge is -2.28. The first-order valence-corrected chi connectivity index (χ1v) is 21.8. The standard InChI is InChI=1S/C57H41NOS/c1-57(2)50-17-9-6-14-44(50)45-30-29-42(35-51(45)57)58(40-25-20-36(21-26-40)39-24-33-54-49(34-39)47-16-8-11-19-53(47)60-54)41-27-22-37(23-28-41)43-31-32-48-46-15-7-10-18-52(46)59-56(48)55(43)38-12-4-3-5-13-38/h3-9,11-17,19-35H,10,18H2,1-2H3. The molecule has 2 aromatic heterocycles. The van der Waals surface area contributed by atoms with E-state index in [1.165, 1.54) is 70.1 Å². The summed E-state index contributed by atoms with van der Waals surface area (Å²) in [6.45, 7) is 4.71. The fraction of sp³-hybridized carbons (Fsp3) is 0.0877. The molecule has 60 heavy (non-hydrogen) atoms. The normalized spacial score (nSPS) is 13.8. The molecule has 8 aromatic carbocycles. The van der Waals surface area contributed by atoms with Crippen LogP contribution in [0.3, 0.4) is 0 Å². The van der Waals surface area contributed by atoms with Crippen molar-refractivity contribution in [3.05, 3.63) is 204 Å². The van der Waals surface area contributed by atoms with Crippen LogP contribution in [-0.4, -0.2) is 0 Å². The maximum atomic E-state index is 6.71. The number of thiophene rings is 1. The van der Waals surface area contributed by atoms with Crippen molar-refractivity contribution in [2.75, 3.05) is 4.90 Å². The van der Waals surface area contributed by atoms with Gasteiger partial charge in [0.2, 0.25) is 0 Å². The van der Waals surface area contributed by atoms with Crippen molar-refractivity contribution in [1.82, 2.24) is 0 Å². The summed E-state index contributed by atoms with van der Waals surface area (Å²) in [6.07, 6.45) is 6.44. The van der Waals surface area contributed by atoms with Crippen molar-refractivity contribution in [2.45, 2.75) is 32.1 Å². The van der Waals surface area contributed by atoms with Crippen molar-refractivity contribution in [2.24, 2.45) is 0 Å². The molecule has 10 aromatic rings. The third-order valence-corrected chi connectivity index (χ3v) is 14.1. The molecule has 0 atom stereocenters. The van der Waals surface area contributed by atoms with Gasteiger partial charge in [-0.3, -0.25) is 0 Å². The Morgan fingerprint density at radius 1 is 0.500 bits per heavy atom. The van der Waals surface area contributed by atoms with Crippen LogP contribution in [0.25, 0.3) is 81.7 Å². The first kappa shape index (κ1) is 35.0. The van der Waals surface area contributed by atoms with Crippen molar-refractivity contribution < 1.29 is 4.42 Å². The smallest absolute Gasteiger partial charge is 0.143 e. The summed E-state index contributed by atoms with van der Waals surface area (Å²) in [5.41, 5.74) is 17.9. The lowest BCUT2D eigenvalue weighted by molar-refractivity contribution is 0.547. The van der Waals surface area contributed by atoms with Crippen molar-refractivity contribution in [1.29, 1.82) is 0 Å². The Bertz CT molecular complexity index is 3330. The topological polar surface area (TPSA) is 16.4 Å². The van der Waals surface area contributed by atoms with Crippen LogP contribution in [0.15, 0.2) is 186 Å². The predicted octanol–water partition coefficient (Wildman–Crippen LogP) is 16.5. The fourth-order valence-corrected chi connectivity index (χ4v) is 11.0. The minimum Gasteiger partial charge on any atom is -0.460 e. The van der Waals surface area contributed by atoms with Gasteiger partial charge in [0, 0.05) is 65.6 Å². The molecule has 3 heteroatoms. The molecule has 0 spiro atoms. The molecule has 0 unspecified atom stereocenters. The Morgan fingerprint density at radius 2 is 1.17 bits per heavy atom. The number of anilines is 3. The molecule has 0 amide bonds. The number of hydrogen-bond acceptors (Lipinski definition) is 3. The number of hydrogen-bond donors (Lipinski definition) is 0. The zero-order valence-electron chi connectivity index (χ0n) is 33.6. The first-order chi connectivity index (χ1) is 29.5. The van der Waals surface area contributed by atoms with Crippen LogP contribution in [0.1, 0.15) is 42.7 Å². The third-order valence-electron chi connectivity index (χ3n) is 13.0. The van der Waals surface area contributed by atoms with E-state index < -0.39 is 0 Å². The van der Waals surface area contributed by atoms with E-state index in [1.807, 2.05) is 11.3 Å². The van der Waals surface area contributed by atoms with Crippen LogP contribution in [0.4, 0.5) is 17.1 Å². The molecule has 0 aliphatic heterocycles. The SMILES string of the molecule is CC1(C)c2ccccc2-c2ccc(N(c3ccc(-c4ccc5sc6ccccc6c5c4)cc3)c3ccc(-c4ccc5c6c(oc5c4-c4ccccc4)CCC=C6)cc3)cc21. The van der Waals surface area contributed by atoms with Gasteiger partial charge in [0.1, 0.15) is 11.3 Å². The molecule has 0 saturated heterocycles. The molecule has 0 fully saturated rings. The number of nitrogens with zero attached hydrogens (tertiary/aromatic N) is 1. The average molecular weight is 788 g/mol. The van der Waals surface area contributed by atoms with Gasteiger partial charge in [-0.1, -0.05) is 141 Å². The van der Waals surface area contributed by atoms with Crippen LogP contribution >= 0.6 is 11.3 Å². The second-order valence-electron chi connectivity index (χ2n) is 16.7. The van der Waals surface area contributed by atoms with Gasteiger partial charge in [-0.15, -0.1) is 11.3 Å². The zero-order chi connectivity index (χ0) is 40.0. The highest BCUT2D eigenvalue weighted by molar-refractivity contribution is 7.25. The number of aryl methyl sites for hydroxylation is 1. The van der Waals surface area contributed by atoms with Crippen molar-refractivity contribution >= 4 is 65.6 Å². The van der Waals surface area contributed by atoms with Gasteiger partial charge in [-0.25, -0.2) is 0 Å². The van der Waals surface area contributed by atoms with Crippen LogP contribution in [0.2, 0.25) is 0 Å². The Labute approximate surface area is 354 Å². The third kappa shape index (κ3) is 5.46. The minimum absolute atomic E-state index is 0.112. The fourth-order valence-electron chi connectivity index (χ4n) is 9.92. The summed E-state index contributed by atoms with van der Waals surface area (Å²) in [5, 5.41) is 3.82. The molecule has 0 radical (unpaired) electrons. The number of rotatable bonds is 6. The number of fused-ring (bicyclic) bond motifs is 9. The van der Waals surface area contributed by atoms with E-state index in [-0.39, 0.29) is 5.41 Å². The van der Waals surface area contributed by atoms with E-state index in [9.17, 15) is 0 Å². The Kier molecular flexibility index (Phi) is 7.92. The minimum atomic E-state index is -0.112. The zero-order valence-corrected chi connectivity index (χ0v) is 34.4. The molecule has 2 heterocycles. The highest BCUT2D eigenvalue weighted by atomic mass is 32.1. The van der Waals surface area contributed by atoms with E-state index >= 15 is 0 Å². The van der Waals surface area contributed by atoms with E-state index in [2.05, 4.69) is 207 Å². The predicted molar refractivity (Wildman–Crippen MR) is 255 cm³/mol.